The SMILES string of the molecule is CC(C)[C@@](C)(C#N)NC(=O)CSc1nnc(Cc2ccccc2)n1C. The summed E-state index contributed by atoms with van der Waals surface area (Å²) < 4.78 is 1.90. The van der Waals surface area contributed by atoms with Crippen LogP contribution in [0.15, 0.2) is 35.5 Å². The number of hydrogen-bond donors (Lipinski definition) is 1. The van der Waals surface area contributed by atoms with Gasteiger partial charge in [-0.25, -0.2) is 0 Å². The van der Waals surface area contributed by atoms with Crippen LogP contribution in [0.5, 0.6) is 0 Å². The third-order valence-corrected chi connectivity index (χ3v) is 5.27. The highest BCUT2D eigenvalue weighted by atomic mass is 32.2. The standard InChI is InChI=1S/C18H23N5OS/c1-13(2)18(3,12-19)20-16(24)11-25-17-22-21-15(23(17)4)10-14-8-6-5-7-9-14/h5-9,13H,10-11H2,1-4H3,(H,20,24)/t18-/m1/s1. The number of amides is 1. The van der Waals surface area contributed by atoms with Crippen molar-refractivity contribution >= 4 is 17.7 Å². The Kier molecular flexibility index (Phi) is 6.21. The summed E-state index contributed by atoms with van der Waals surface area (Å²) in [7, 11) is 1.89. The van der Waals surface area contributed by atoms with Crippen LogP contribution in [-0.4, -0.2) is 32.0 Å². The number of carbonyl (C=O) groups is 1. The number of rotatable bonds is 7. The molecule has 0 aliphatic rings. The van der Waals surface area contributed by atoms with Crippen LogP contribution in [-0.2, 0) is 18.3 Å². The van der Waals surface area contributed by atoms with Gasteiger partial charge < -0.3 is 9.88 Å². The molecule has 2 aromatic rings. The second-order valence-corrected chi connectivity index (χ2v) is 7.37. The first-order valence-electron chi connectivity index (χ1n) is 8.13. The number of benzene rings is 1. The minimum Gasteiger partial charge on any atom is -0.337 e. The molecule has 6 nitrogen and oxygen atoms in total. The lowest BCUT2D eigenvalue weighted by molar-refractivity contribution is -0.120. The molecular weight excluding hydrogens is 334 g/mol. The number of aromatic nitrogens is 3. The predicted molar refractivity (Wildman–Crippen MR) is 98.0 cm³/mol. The number of nitrogens with zero attached hydrogens (tertiary/aromatic N) is 4. The van der Waals surface area contributed by atoms with Gasteiger partial charge in [-0.15, -0.1) is 10.2 Å². The maximum absolute atomic E-state index is 12.2. The Morgan fingerprint density at radius 1 is 1.36 bits per heavy atom. The van der Waals surface area contributed by atoms with Crippen molar-refractivity contribution in [1.82, 2.24) is 20.1 Å². The fourth-order valence-electron chi connectivity index (χ4n) is 2.16. The van der Waals surface area contributed by atoms with Gasteiger partial charge in [0.05, 0.1) is 11.8 Å². The predicted octanol–water partition coefficient (Wildman–Crippen LogP) is 2.55. The van der Waals surface area contributed by atoms with E-state index in [1.807, 2.05) is 55.8 Å². The van der Waals surface area contributed by atoms with Crippen molar-refractivity contribution in [2.75, 3.05) is 5.75 Å². The Balaban J connectivity index is 1.96. The van der Waals surface area contributed by atoms with Crippen LogP contribution in [0.25, 0.3) is 0 Å². The summed E-state index contributed by atoms with van der Waals surface area (Å²) in [6.07, 6.45) is 0.691. The molecule has 0 spiro atoms. The zero-order chi connectivity index (χ0) is 18.4. The summed E-state index contributed by atoms with van der Waals surface area (Å²) in [6.45, 7) is 5.56. The smallest absolute Gasteiger partial charge is 0.231 e. The van der Waals surface area contributed by atoms with E-state index < -0.39 is 5.54 Å². The van der Waals surface area contributed by atoms with Crippen molar-refractivity contribution in [3.63, 3.8) is 0 Å². The Bertz CT molecular complexity index is 766. The molecule has 7 heteroatoms. The van der Waals surface area contributed by atoms with E-state index in [0.717, 1.165) is 11.4 Å². The van der Waals surface area contributed by atoms with Crippen LogP contribution in [0.3, 0.4) is 0 Å². The van der Waals surface area contributed by atoms with Crippen LogP contribution in [0.1, 0.15) is 32.2 Å². The molecule has 1 amide bonds. The first-order chi connectivity index (χ1) is 11.9. The molecule has 1 N–H and O–H groups in total. The van der Waals surface area contributed by atoms with Gasteiger partial charge in [0, 0.05) is 13.5 Å². The Hall–Kier alpha value is -2.33. The van der Waals surface area contributed by atoms with Gasteiger partial charge in [-0.1, -0.05) is 55.9 Å². The van der Waals surface area contributed by atoms with Crippen LogP contribution < -0.4 is 5.32 Å². The number of carbonyl (C=O) groups excluding carboxylic acids is 1. The highest BCUT2D eigenvalue weighted by molar-refractivity contribution is 7.99. The highest BCUT2D eigenvalue weighted by Crippen LogP contribution is 2.19. The molecule has 1 aromatic carbocycles. The molecule has 25 heavy (non-hydrogen) atoms. The molecule has 0 fully saturated rings. The molecule has 132 valence electrons. The third kappa shape index (κ3) is 4.83. The summed E-state index contributed by atoms with van der Waals surface area (Å²) in [5.41, 5.74) is 0.296. The van der Waals surface area contributed by atoms with Crippen molar-refractivity contribution in [2.24, 2.45) is 13.0 Å². The maximum atomic E-state index is 12.2. The van der Waals surface area contributed by atoms with E-state index in [4.69, 9.17) is 0 Å². The van der Waals surface area contributed by atoms with Crippen molar-refractivity contribution in [3.05, 3.63) is 41.7 Å². The monoisotopic (exact) mass is 357 g/mol. The fraction of sp³-hybridized carbons (Fsp3) is 0.444. The van der Waals surface area contributed by atoms with Gasteiger partial charge in [-0.3, -0.25) is 4.79 Å². The molecule has 0 radical (unpaired) electrons. The lowest BCUT2D eigenvalue weighted by Gasteiger charge is -2.27. The van der Waals surface area contributed by atoms with Gasteiger partial charge >= 0.3 is 0 Å². The molecule has 0 aliphatic carbocycles. The minimum atomic E-state index is -0.865. The molecule has 1 atom stereocenters. The molecule has 1 aromatic heterocycles. The van der Waals surface area contributed by atoms with Gasteiger partial charge in [0.15, 0.2) is 5.16 Å². The zero-order valence-electron chi connectivity index (χ0n) is 15.0. The summed E-state index contributed by atoms with van der Waals surface area (Å²) in [5, 5.41) is 21.1. The highest BCUT2D eigenvalue weighted by Gasteiger charge is 2.30. The summed E-state index contributed by atoms with van der Waals surface area (Å²) in [6, 6.07) is 12.2. The molecule has 1 heterocycles. The largest absolute Gasteiger partial charge is 0.337 e. The summed E-state index contributed by atoms with van der Waals surface area (Å²) in [4.78, 5) is 12.2. The molecule has 0 bridgehead atoms. The zero-order valence-corrected chi connectivity index (χ0v) is 15.8. The lowest BCUT2D eigenvalue weighted by Crippen LogP contribution is -2.49. The summed E-state index contributed by atoms with van der Waals surface area (Å²) in [5.74, 6) is 0.883. The van der Waals surface area contributed by atoms with Crippen LogP contribution in [0.2, 0.25) is 0 Å². The van der Waals surface area contributed by atoms with E-state index in [1.165, 1.54) is 11.8 Å². The average Bonchev–Trinajstić information content (AvgIpc) is 2.94. The van der Waals surface area contributed by atoms with Gasteiger partial charge in [-0.05, 0) is 18.4 Å². The van der Waals surface area contributed by atoms with Crippen LogP contribution in [0, 0.1) is 17.2 Å². The average molecular weight is 357 g/mol. The lowest BCUT2D eigenvalue weighted by atomic mass is 9.90. The van der Waals surface area contributed by atoms with E-state index in [1.54, 1.807) is 6.92 Å². The second-order valence-electron chi connectivity index (χ2n) is 6.43. The molecule has 2 rings (SSSR count). The van der Waals surface area contributed by atoms with Crippen molar-refractivity contribution < 1.29 is 4.79 Å². The molecule has 0 aliphatic heterocycles. The molecule has 0 unspecified atom stereocenters. The van der Waals surface area contributed by atoms with Crippen LogP contribution in [0.4, 0.5) is 0 Å². The van der Waals surface area contributed by atoms with E-state index >= 15 is 0 Å². The number of nitriles is 1. The van der Waals surface area contributed by atoms with Crippen molar-refractivity contribution in [2.45, 2.75) is 37.9 Å². The topological polar surface area (TPSA) is 83.6 Å². The van der Waals surface area contributed by atoms with Crippen molar-refractivity contribution in [3.8, 4) is 6.07 Å². The van der Waals surface area contributed by atoms with Crippen molar-refractivity contribution in [1.29, 1.82) is 5.26 Å². The Morgan fingerprint density at radius 2 is 2.04 bits per heavy atom. The molecule has 0 saturated heterocycles. The van der Waals surface area contributed by atoms with E-state index in [-0.39, 0.29) is 17.6 Å². The third-order valence-electron chi connectivity index (χ3n) is 4.25. The summed E-state index contributed by atoms with van der Waals surface area (Å²) >= 11 is 1.32. The molecule has 0 saturated carbocycles. The molecular formula is C18H23N5OS. The van der Waals surface area contributed by atoms with Gasteiger partial charge in [0.1, 0.15) is 11.4 Å². The number of nitrogens with one attached hydrogen (secondary N) is 1. The van der Waals surface area contributed by atoms with E-state index in [9.17, 15) is 10.1 Å². The van der Waals surface area contributed by atoms with E-state index in [2.05, 4.69) is 21.6 Å². The first-order valence-corrected chi connectivity index (χ1v) is 9.11. The minimum absolute atomic E-state index is 0.0266. The van der Waals surface area contributed by atoms with Gasteiger partial charge in [0.2, 0.25) is 5.91 Å². The normalized spacial score (nSPS) is 13.3. The van der Waals surface area contributed by atoms with Gasteiger partial charge in [-0.2, -0.15) is 5.26 Å². The van der Waals surface area contributed by atoms with Gasteiger partial charge in [0.25, 0.3) is 0 Å². The Labute approximate surface area is 152 Å². The maximum Gasteiger partial charge on any atom is 0.231 e. The van der Waals surface area contributed by atoms with Crippen LogP contribution >= 0.6 is 11.8 Å². The fourth-order valence-corrected chi connectivity index (χ4v) is 2.89. The quantitative estimate of drug-likeness (QED) is 0.770. The number of thioether (sulfide) groups is 1. The number of hydrogen-bond acceptors (Lipinski definition) is 5. The van der Waals surface area contributed by atoms with E-state index in [0.29, 0.717) is 11.6 Å². The Morgan fingerprint density at radius 3 is 2.64 bits per heavy atom. The second kappa shape index (κ2) is 8.17. The first kappa shape index (κ1) is 19.0.